The number of fused-ring (bicyclic) bond motifs is 1. The van der Waals surface area contributed by atoms with Gasteiger partial charge < -0.3 is 20.3 Å². The van der Waals surface area contributed by atoms with E-state index in [1.807, 2.05) is 26.8 Å². The highest BCUT2D eigenvalue weighted by Gasteiger charge is 2.27. The molecule has 1 atom stereocenters. The predicted molar refractivity (Wildman–Crippen MR) is 127 cm³/mol. The van der Waals surface area contributed by atoms with Crippen LogP contribution in [0.15, 0.2) is 30.7 Å². The minimum absolute atomic E-state index is 0.0627. The normalized spacial score (nSPS) is 16.2. The van der Waals surface area contributed by atoms with E-state index in [0.29, 0.717) is 35.6 Å². The number of hydrogen-bond donors (Lipinski definition) is 2. The van der Waals surface area contributed by atoms with Gasteiger partial charge in [-0.05, 0) is 45.4 Å². The van der Waals surface area contributed by atoms with E-state index in [4.69, 9.17) is 27.9 Å². The maximum absolute atomic E-state index is 14.5. The fourth-order valence-corrected chi connectivity index (χ4v) is 3.84. The SMILES string of the molecule is CC(C)(C)OC(=O)NC1CCN(c2cc3c(Nc4ccc(Cl)c(Cl)c4F)ncnc3cn2)C1. The summed E-state index contributed by atoms with van der Waals surface area (Å²) >= 11 is 11.8. The molecule has 1 aliphatic heterocycles. The largest absolute Gasteiger partial charge is 0.444 e. The lowest BCUT2D eigenvalue weighted by Crippen LogP contribution is -2.40. The fourth-order valence-electron chi connectivity index (χ4n) is 3.53. The maximum atomic E-state index is 14.5. The Balaban J connectivity index is 1.54. The van der Waals surface area contributed by atoms with Crippen molar-refractivity contribution in [2.75, 3.05) is 23.3 Å². The molecule has 0 spiro atoms. The quantitative estimate of drug-likeness (QED) is 0.476. The Labute approximate surface area is 200 Å². The van der Waals surface area contributed by atoms with Crippen molar-refractivity contribution < 1.29 is 13.9 Å². The van der Waals surface area contributed by atoms with Gasteiger partial charge in [-0.1, -0.05) is 23.2 Å². The standard InChI is InChI=1S/C22H23Cl2FN6O2/c1-22(2,3)33-21(32)29-12-6-7-31(10-12)17-8-13-16(9-26-17)27-11-28-20(13)30-15-5-4-14(23)18(24)19(15)25/h4-5,8-9,11-12H,6-7,10H2,1-3H3,(H,29,32)(H,27,28,30). The molecule has 1 aliphatic rings. The average Bonchev–Trinajstić information content (AvgIpc) is 3.21. The van der Waals surface area contributed by atoms with Gasteiger partial charge in [0.25, 0.3) is 0 Å². The van der Waals surface area contributed by atoms with Gasteiger partial charge in [-0.3, -0.25) is 0 Å². The molecule has 1 amide bonds. The molecular formula is C22H23Cl2FN6O2. The number of pyridine rings is 1. The number of nitrogens with zero attached hydrogens (tertiary/aromatic N) is 4. The van der Waals surface area contributed by atoms with Crippen LogP contribution in [-0.2, 0) is 4.74 Å². The van der Waals surface area contributed by atoms with Crippen LogP contribution in [-0.4, -0.2) is 45.8 Å². The molecule has 11 heteroatoms. The molecule has 8 nitrogen and oxygen atoms in total. The molecule has 0 saturated carbocycles. The number of rotatable bonds is 4. The highest BCUT2D eigenvalue weighted by molar-refractivity contribution is 6.42. The van der Waals surface area contributed by atoms with Crippen LogP contribution in [0.2, 0.25) is 10.0 Å². The summed E-state index contributed by atoms with van der Waals surface area (Å²) in [6.07, 6.45) is 3.32. The minimum atomic E-state index is -0.666. The van der Waals surface area contributed by atoms with Gasteiger partial charge in [-0.25, -0.2) is 24.1 Å². The van der Waals surface area contributed by atoms with Gasteiger partial charge in [0.1, 0.15) is 23.6 Å². The number of carbonyl (C=O) groups excluding carboxylic acids is 1. The molecule has 1 saturated heterocycles. The van der Waals surface area contributed by atoms with Gasteiger partial charge in [-0.15, -0.1) is 0 Å². The molecule has 2 aromatic heterocycles. The van der Waals surface area contributed by atoms with Gasteiger partial charge >= 0.3 is 6.09 Å². The third-order valence-electron chi connectivity index (χ3n) is 5.03. The Morgan fingerprint density at radius 2 is 2.03 bits per heavy atom. The number of halogens is 3. The summed E-state index contributed by atoms with van der Waals surface area (Å²) in [5.41, 5.74) is 0.185. The Morgan fingerprint density at radius 3 is 2.79 bits per heavy atom. The summed E-state index contributed by atoms with van der Waals surface area (Å²) < 4.78 is 19.9. The molecule has 174 valence electrons. The molecule has 1 unspecified atom stereocenters. The van der Waals surface area contributed by atoms with Crippen LogP contribution >= 0.6 is 23.2 Å². The van der Waals surface area contributed by atoms with Crippen molar-refractivity contribution in [1.29, 1.82) is 0 Å². The van der Waals surface area contributed by atoms with E-state index in [1.165, 1.54) is 18.5 Å². The zero-order valence-electron chi connectivity index (χ0n) is 18.3. The zero-order valence-corrected chi connectivity index (χ0v) is 19.8. The summed E-state index contributed by atoms with van der Waals surface area (Å²) in [6.45, 7) is 6.75. The third kappa shape index (κ3) is 5.36. The maximum Gasteiger partial charge on any atom is 0.407 e. The Kier molecular flexibility index (Phi) is 6.45. The average molecular weight is 493 g/mol. The van der Waals surface area contributed by atoms with E-state index in [0.717, 1.165) is 6.42 Å². The van der Waals surface area contributed by atoms with Gasteiger partial charge in [-0.2, -0.15) is 0 Å². The number of ether oxygens (including phenoxy) is 1. The Hall–Kier alpha value is -2.91. The molecule has 1 aromatic carbocycles. The van der Waals surface area contributed by atoms with Crippen LogP contribution in [0.25, 0.3) is 10.9 Å². The van der Waals surface area contributed by atoms with E-state index in [2.05, 4.69) is 30.5 Å². The summed E-state index contributed by atoms with van der Waals surface area (Å²) in [5, 5.41) is 6.50. The van der Waals surface area contributed by atoms with Crippen molar-refractivity contribution in [2.24, 2.45) is 0 Å². The summed E-state index contributed by atoms with van der Waals surface area (Å²) in [7, 11) is 0. The summed E-state index contributed by atoms with van der Waals surface area (Å²) in [4.78, 5) is 27.2. The van der Waals surface area contributed by atoms with Gasteiger partial charge in [0, 0.05) is 18.5 Å². The van der Waals surface area contributed by atoms with Gasteiger partial charge in [0.2, 0.25) is 0 Å². The van der Waals surface area contributed by atoms with Gasteiger partial charge in [0.15, 0.2) is 5.82 Å². The van der Waals surface area contributed by atoms with Crippen LogP contribution in [0.3, 0.4) is 0 Å². The van der Waals surface area contributed by atoms with Crippen molar-refractivity contribution in [1.82, 2.24) is 20.3 Å². The number of amides is 1. The molecule has 0 radical (unpaired) electrons. The molecule has 33 heavy (non-hydrogen) atoms. The summed E-state index contributed by atoms with van der Waals surface area (Å²) in [6, 6.07) is 4.77. The summed E-state index contributed by atoms with van der Waals surface area (Å²) in [5.74, 6) is 0.438. The number of aromatic nitrogens is 3. The molecule has 2 N–H and O–H groups in total. The van der Waals surface area contributed by atoms with Crippen LogP contribution in [0.1, 0.15) is 27.2 Å². The first-order valence-corrected chi connectivity index (χ1v) is 11.1. The molecule has 3 heterocycles. The van der Waals surface area contributed by atoms with E-state index in [-0.39, 0.29) is 21.8 Å². The lowest BCUT2D eigenvalue weighted by atomic mass is 10.2. The molecule has 3 aromatic rings. The van der Waals surface area contributed by atoms with Crippen LogP contribution in [0.5, 0.6) is 0 Å². The first-order chi connectivity index (χ1) is 15.6. The fraction of sp³-hybridized carbons (Fsp3) is 0.364. The van der Waals surface area contributed by atoms with Gasteiger partial charge in [0.05, 0.1) is 33.5 Å². The van der Waals surface area contributed by atoms with Crippen molar-refractivity contribution in [3.05, 3.63) is 46.6 Å². The van der Waals surface area contributed by atoms with E-state index < -0.39 is 17.5 Å². The van der Waals surface area contributed by atoms with E-state index >= 15 is 0 Å². The van der Waals surface area contributed by atoms with Crippen LogP contribution < -0.4 is 15.5 Å². The highest BCUT2D eigenvalue weighted by Crippen LogP contribution is 2.33. The van der Waals surface area contributed by atoms with Crippen molar-refractivity contribution in [3.63, 3.8) is 0 Å². The monoisotopic (exact) mass is 492 g/mol. The first-order valence-electron chi connectivity index (χ1n) is 10.4. The predicted octanol–water partition coefficient (Wildman–Crippen LogP) is 5.32. The number of alkyl carbamates (subject to hydrolysis) is 1. The molecule has 1 fully saturated rings. The minimum Gasteiger partial charge on any atom is -0.444 e. The molecule has 0 aliphatic carbocycles. The number of anilines is 3. The third-order valence-corrected chi connectivity index (χ3v) is 5.81. The van der Waals surface area contributed by atoms with Crippen LogP contribution in [0.4, 0.5) is 26.5 Å². The molecular weight excluding hydrogens is 470 g/mol. The number of nitrogens with one attached hydrogen (secondary N) is 2. The number of hydrogen-bond acceptors (Lipinski definition) is 7. The van der Waals surface area contributed by atoms with Crippen LogP contribution in [0, 0.1) is 5.82 Å². The van der Waals surface area contributed by atoms with E-state index in [9.17, 15) is 9.18 Å². The number of carbonyl (C=O) groups is 1. The Morgan fingerprint density at radius 1 is 1.24 bits per heavy atom. The lowest BCUT2D eigenvalue weighted by Gasteiger charge is -2.22. The molecule has 0 bridgehead atoms. The van der Waals surface area contributed by atoms with Crippen molar-refractivity contribution in [3.8, 4) is 0 Å². The Bertz CT molecular complexity index is 1200. The topological polar surface area (TPSA) is 92.3 Å². The number of benzene rings is 1. The second kappa shape index (κ2) is 9.15. The second-order valence-electron chi connectivity index (χ2n) is 8.71. The second-order valence-corrected chi connectivity index (χ2v) is 9.49. The smallest absolute Gasteiger partial charge is 0.407 e. The lowest BCUT2D eigenvalue weighted by molar-refractivity contribution is 0.0509. The zero-order chi connectivity index (χ0) is 23.8. The van der Waals surface area contributed by atoms with Crippen molar-refractivity contribution in [2.45, 2.75) is 38.8 Å². The highest BCUT2D eigenvalue weighted by atomic mass is 35.5. The van der Waals surface area contributed by atoms with E-state index in [1.54, 1.807) is 6.20 Å². The molecule has 4 rings (SSSR count). The van der Waals surface area contributed by atoms with Crippen molar-refractivity contribution >= 4 is 57.5 Å². The first kappa shape index (κ1) is 23.3.